The molecule has 0 bridgehead atoms. The summed E-state index contributed by atoms with van der Waals surface area (Å²) in [6.45, 7) is 4.05. The normalized spacial score (nSPS) is 13.2. The third-order valence-electron chi connectivity index (χ3n) is 3.81. The van der Waals surface area contributed by atoms with Crippen LogP contribution in [0.1, 0.15) is 25.2 Å². The number of imidazole rings is 1. The fourth-order valence-electron chi connectivity index (χ4n) is 2.47. The number of hydrogen-bond donors (Lipinski definition) is 2. The van der Waals surface area contributed by atoms with Crippen LogP contribution in [0.15, 0.2) is 18.2 Å². The van der Waals surface area contributed by atoms with Crippen LogP contribution >= 0.6 is 0 Å². The van der Waals surface area contributed by atoms with Crippen LogP contribution in [0, 0.1) is 5.82 Å². The Morgan fingerprint density at radius 2 is 2.24 bits per heavy atom. The van der Waals surface area contributed by atoms with Gasteiger partial charge in [-0.1, -0.05) is 0 Å². The molecule has 0 saturated heterocycles. The van der Waals surface area contributed by atoms with Crippen LogP contribution in [-0.2, 0) is 6.54 Å². The van der Waals surface area contributed by atoms with Gasteiger partial charge in [0.25, 0.3) is 0 Å². The molecule has 0 saturated carbocycles. The summed E-state index contributed by atoms with van der Waals surface area (Å²) < 4.78 is 15.5. The van der Waals surface area contributed by atoms with Crippen molar-refractivity contribution in [2.45, 2.75) is 25.9 Å². The van der Waals surface area contributed by atoms with E-state index in [9.17, 15) is 4.39 Å². The Balaban J connectivity index is 2.44. The molecule has 0 spiro atoms. The number of benzene rings is 1. The minimum Gasteiger partial charge on any atom is -0.395 e. The van der Waals surface area contributed by atoms with Crippen LogP contribution in [0.4, 0.5) is 4.39 Å². The van der Waals surface area contributed by atoms with Gasteiger partial charge in [-0.2, -0.15) is 0 Å². The van der Waals surface area contributed by atoms with Crippen molar-refractivity contribution in [2.75, 3.05) is 26.7 Å². The van der Waals surface area contributed by atoms with Crippen molar-refractivity contribution < 1.29 is 9.50 Å². The molecule has 1 aromatic carbocycles. The van der Waals surface area contributed by atoms with E-state index in [0.717, 1.165) is 24.3 Å². The standard InChI is InChI=1S/C15H23FN4O/c1-11(19(2)8-9-21)15-18-13-10-12(16)4-5-14(13)20(15)7-3-6-17/h4-5,10-11,21H,3,6-9,17H2,1-2H3. The number of nitrogens with zero attached hydrogens (tertiary/aromatic N) is 3. The van der Waals surface area contributed by atoms with Crippen molar-refractivity contribution in [1.82, 2.24) is 14.5 Å². The van der Waals surface area contributed by atoms with Crippen LogP contribution in [0.5, 0.6) is 0 Å². The summed E-state index contributed by atoms with van der Waals surface area (Å²) >= 11 is 0. The van der Waals surface area contributed by atoms with E-state index in [4.69, 9.17) is 10.8 Å². The van der Waals surface area contributed by atoms with E-state index in [1.165, 1.54) is 12.1 Å². The lowest BCUT2D eigenvalue weighted by Crippen LogP contribution is -2.28. The second-order valence-corrected chi connectivity index (χ2v) is 5.28. The molecule has 0 amide bonds. The Kier molecular flexibility index (Phi) is 5.27. The molecular weight excluding hydrogens is 271 g/mol. The first-order valence-electron chi connectivity index (χ1n) is 7.25. The third kappa shape index (κ3) is 3.40. The first kappa shape index (κ1) is 15.9. The summed E-state index contributed by atoms with van der Waals surface area (Å²) in [6, 6.07) is 4.70. The monoisotopic (exact) mass is 294 g/mol. The Morgan fingerprint density at radius 3 is 2.90 bits per heavy atom. The zero-order valence-electron chi connectivity index (χ0n) is 12.6. The number of aryl methyl sites for hydroxylation is 1. The molecule has 2 aromatic rings. The summed E-state index contributed by atoms with van der Waals surface area (Å²) in [7, 11) is 1.94. The molecule has 21 heavy (non-hydrogen) atoms. The predicted molar refractivity (Wildman–Crippen MR) is 81.5 cm³/mol. The molecule has 0 aliphatic rings. The predicted octanol–water partition coefficient (Wildman–Crippen LogP) is 1.51. The molecule has 1 aromatic heterocycles. The molecule has 3 N–H and O–H groups in total. The van der Waals surface area contributed by atoms with Crippen molar-refractivity contribution in [3.05, 3.63) is 29.8 Å². The number of likely N-dealkylation sites (N-methyl/N-ethyl adjacent to an activating group) is 1. The van der Waals surface area contributed by atoms with Crippen molar-refractivity contribution in [3.8, 4) is 0 Å². The highest BCUT2D eigenvalue weighted by Crippen LogP contribution is 2.24. The van der Waals surface area contributed by atoms with Crippen LogP contribution in [0.25, 0.3) is 11.0 Å². The van der Waals surface area contributed by atoms with E-state index in [-0.39, 0.29) is 18.5 Å². The van der Waals surface area contributed by atoms with Gasteiger partial charge >= 0.3 is 0 Å². The SMILES string of the molecule is CC(c1nc2cc(F)ccc2n1CCCN)N(C)CCO. The molecule has 116 valence electrons. The minimum atomic E-state index is -0.283. The van der Waals surface area contributed by atoms with Crippen molar-refractivity contribution in [3.63, 3.8) is 0 Å². The van der Waals surface area contributed by atoms with Gasteiger partial charge in [0.05, 0.1) is 23.7 Å². The van der Waals surface area contributed by atoms with Gasteiger partial charge in [0.1, 0.15) is 11.6 Å². The summed E-state index contributed by atoms with van der Waals surface area (Å²) in [4.78, 5) is 6.61. The Bertz CT molecular complexity index is 599. The number of aromatic nitrogens is 2. The van der Waals surface area contributed by atoms with Gasteiger partial charge in [0, 0.05) is 19.2 Å². The maximum Gasteiger partial charge on any atom is 0.127 e. The average Bonchev–Trinajstić information content (AvgIpc) is 2.82. The van der Waals surface area contributed by atoms with Crippen molar-refractivity contribution in [1.29, 1.82) is 0 Å². The maximum absolute atomic E-state index is 13.4. The minimum absolute atomic E-state index is 0.0328. The van der Waals surface area contributed by atoms with Gasteiger partial charge in [0.15, 0.2) is 0 Å². The maximum atomic E-state index is 13.4. The molecule has 6 heteroatoms. The van der Waals surface area contributed by atoms with Crippen molar-refractivity contribution in [2.24, 2.45) is 5.73 Å². The third-order valence-corrected chi connectivity index (χ3v) is 3.81. The van der Waals surface area contributed by atoms with E-state index < -0.39 is 0 Å². The lowest BCUT2D eigenvalue weighted by atomic mass is 10.2. The first-order chi connectivity index (χ1) is 10.1. The van der Waals surface area contributed by atoms with Gasteiger partial charge in [-0.3, -0.25) is 4.90 Å². The molecule has 0 fully saturated rings. The second kappa shape index (κ2) is 6.98. The molecular formula is C15H23FN4O. The van der Waals surface area contributed by atoms with Gasteiger partial charge in [-0.05, 0) is 39.1 Å². The van der Waals surface area contributed by atoms with E-state index in [1.54, 1.807) is 6.07 Å². The van der Waals surface area contributed by atoms with Gasteiger partial charge in [0.2, 0.25) is 0 Å². The smallest absolute Gasteiger partial charge is 0.127 e. The van der Waals surface area contributed by atoms with E-state index >= 15 is 0 Å². The molecule has 1 atom stereocenters. The van der Waals surface area contributed by atoms with Crippen LogP contribution in [-0.4, -0.2) is 46.3 Å². The van der Waals surface area contributed by atoms with Crippen molar-refractivity contribution >= 4 is 11.0 Å². The number of nitrogens with two attached hydrogens (primary N) is 1. The van der Waals surface area contributed by atoms with Crippen LogP contribution in [0.3, 0.4) is 0 Å². The number of hydrogen-bond acceptors (Lipinski definition) is 4. The van der Waals surface area contributed by atoms with Gasteiger partial charge in [-0.25, -0.2) is 9.37 Å². The van der Waals surface area contributed by atoms with Gasteiger partial charge in [-0.15, -0.1) is 0 Å². The fourth-order valence-corrected chi connectivity index (χ4v) is 2.47. The average molecular weight is 294 g/mol. The zero-order valence-corrected chi connectivity index (χ0v) is 12.6. The van der Waals surface area contributed by atoms with Crippen LogP contribution < -0.4 is 5.73 Å². The number of aliphatic hydroxyl groups is 1. The Labute approximate surface area is 124 Å². The summed E-state index contributed by atoms with van der Waals surface area (Å²) in [6.07, 6.45) is 0.840. The lowest BCUT2D eigenvalue weighted by Gasteiger charge is -2.24. The number of rotatable bonds is 7. The zero-order chi connectivity index (χ0) is 15.4. The van der Waals surface area contributed by atoms with Gasteiger partial charge < -0.3 is 15.4 Å². The molecule has 0 aliphatic carbocycles. The quantitative estimate of drug-likeness (QED) is 0.812. The number of halogens is 1. The van der Waals surface area contributed by atoms with E-state index in [1.807, 2.05) is 18.9 Å². The number of fused-ring (bicyclic) bond motifs is 1. The summed E-state index contributed by atoms with van der Waals surface area (Å²) in [5.41, 5.74) is 7.19. The van der Waals surface area contributed by atoms with E-state index in [0.29, 0.717) is 18.6 Å². The highest BCUT2D eigenvalue weighted by molar-refractivity contribution is 5.76. The number of aliphatic hydroxyl groups excluding tert-OH is 1. The lowest BCUT2D eigenvalue weighted by molar-refractivity contribution is 0.182. The Morgan fingerprint density at radius 1 is 1.48 bits per heavy atom. The molecule has 2 rings (SSSR count). The molecule has 5 nitrogen and oxygen atoms in total. The van der Waals surface area contributed by atoms with Crippen LogP contribution in [0.2, 0.25) is 0 Å². The largest absolute Gasteiger partial charge is 0.395 e. The highest BCUT2D eigenvalue weighted by atomic mass is 19.1. The second-order valence-electron chi connectivity index (χ2n) is 5.28. The first-order valence-corrected chi connectivity index (χ1v) is 7.25. The summed E-state index contributed by atoms with van der Waals surface area (Å²) in [5, 5.41) is 9.08. The summed E-state index contributed by atoms with van der Waals surface area (Å²) in [5.74, 6) is 0.592. The molecule has 1 heterocycles. The topological polar surface area (TPSA) is 67.3 Å². The molecule has 1 unspecified atom stereocenters. The Hall–Kier alpha value is -1.50. The fraction of sp³-hybridized carbons (Fsp3) is 0.533. The molecule has 0 radical (unpaired) electrons. The highest BCUT2D eigenvalue weighted by Gasteiger charge is 2.19. The van der Waals surface area contributed by atoms with E-state index in [2.05, 4.69) is 9.55 Å². The molecule has 0 aliphatic heterocycles.